The number of hydrogen-bond donors (Lipinski definition) is 2. The van der Waals surface area contributed by atoms with Crippen LogP contribution >= 0.6 is 0 Å². The van der Waals surface area contributed by atoms with Gasteiger partial charge in [0.05, 0.1) is 11.0 Å². The lowest BCUT2D eigenvalue weighted by Crippen LogP contribution is -1.91. The van der Waals surface area contributed by atoms with E-state index in [1.54, 1.807) is 0 Å². The minimum Gasteiger partial charge on any atom is -0.384 e. The monoisotopic (exact) mass is 271 g/mol. The predicted molar refractivity (Wildman–Crippen MR) is 73.6 cm³/mol. The summed E-state index contributed by atoms with van der Waals surface area (Å²) in [6.45, 7) is 0.940. The molecular formula is C15H11F2N3. The van der Waals surface area contributed by atoms with Crippen molar-refractivity contribution < 1.29 is 8.78 Å². The van der Waals surface area contributed by atoms with Crippen molar-refractivity contribution in [2.45, 2.75) is 6.42 Å². The minimum atomic E-state index is -0.883. The van der Waals surface area contributed by atoms with Crippen LogP contribution in [0.4, 0.5) is 14.5 Å². The predicted octanol–water partition coefficient (Wildman–Crippen LogP) is 3.48. The molecule has 1 aromatic heterocycles. The second-order valence-corrected chi connectivity index (χ2v) is 4.92. The van der Waals surface area contributed by atoms with E-state index in [9.17, 15) is 8.78 Å². The highest BCUT2D eigenvalue weighted by molar-refractivity contribution is 5.80. The molecule has 2 heterocycles. The Bertz CT molecular complexity index is 784. The molecule has 0 aliphatic carbocycles. The summed E-state index contributed by atoms with van der Waals surface area (Å²) < 4.78 is 26.4. The van der Waals surface area contributed by atoms with Crippen molar-refractivity contribution in [3.8, 4) is 11.4 Å². The first kappa shape index (κ1) is 11.4. The van der Waals surface area contributed by atoms with Gasteiger partial charge in [0.25, 0.3) is 0 Å². The van der Waals surface area contributed by atoms with Crippen molar-refractivity contribution in [2.75, 3.05) is 11.9 Å². The molecule has 20 heavy (non-hydrogen) atoms. The second kappa shape index (κ2) is 4.03. The Labute approximate surface area is 113 Å². The van der Waals surface area contributed by atoms with E-state index < -0.39 is 11.6 Å². The largest absolute Gasteiger partial charge is 0.384 e. The van der Waals surface area contributed by atoms with Gasteiger partial charge in [-0.1, -0.05) is 12.1 Å². The molecule has 100 valence electrons. The van der Waals surface area contributed by atoms with Crippen LogP contribution in [0.15, 0.2) is 30.3 Å². The summed E-state index contributed by atoms with van der Waals surface area (Å²) in [4.78, 5) is 7.35. The molecule has 5 heteroatoms. The van der Waals surface area contributed by atoms with E-state index in [0.717, 1.165) is 36.3 Å². The van der Waals surface area contributed by atoms with Gasteiger partial charge in [-0.15, -0.1) is 0 Å². The molecule has 0 saturated heterocycles. The first-order valence-electron chi connectivity index (χ1n) is 6.43. The number of nitrogens with one attached hydrogen (secondary N) is 2. The fourth-order valence-corrected chi connectivity index (χ4v) is 2.58. The van der Waals surface area contributed by atoms with Crippen LogP contribution in [0.25, 0.3) is 22.4 Å². The van der Waals surface area contributed by atoms with Crippen LogP contribution in [0.3, 0.4) is 0 Å². The van der Waals surface area contributed by atoms with Crippen LogP contribution in [-0.4, -0.2) is 16.5 Å². The van der Waals surface area contributed by atoms with Crippen molar-refractivity contribution >= 4 is 16.7 Å². The Hall–Kier alpha value is -2.43. The maximum absolute atomic E-state index is 13.2. The maximum Gasteiger partial charge on any atom is 0.161 e. The zero-order valence-corrected chi connectivity index (χ0v) is 10.5. The van der Waals surface area contributed by atoms with Crippen LogP contribution < -0.4 is 5.32 Å². The molecular weight excluding hydrogens is 260 g/mol. The van der Waals surface area contributed by atoms with Crippen LogP contribution in [0.1, 0.15) is 5.56 Å². The van der Waals surface area contributed by atoms with E-state index in [4.69, 9.17) is 0 Å². The number of anilines is 1. The third-order valence-corrected chi connectivity index (χ3v) is 3.62. The molecule has 0 radical (unpaired) electrons. The summed E-state index contributed by atoms with van der Waals surface area (Å²) in [5.74, 6) is -1.14. The van der Waals surface area contributed by atoms with E-state index in [2.05, 4.69) is 21.4 Å². The fourth-order valence-electron chi connectivity index (χ4n) is 2.58. The number of H-pyrrole nitrogens is 1. The van der Waals surface area contributed by atoms with Crippen LogP contribution in [0, 0.1) is 11.6 Å². The number of benzene rings is 2. The molecule has 0 atom stereocenters. The summed E-state index contributed by atoms with van der Waals surface area (Å²) in [7, 11) is 0. The zero-order valence-electron chi connectivity index (χ0n) is 10.5. The first-order chi connectivity index (χ1) is 9.70. The highest BCUT2D eigenvalue weighted by atomic mass is 19.2. The number of halogens is 2. The van der Waals surface area contributed by atoms with Gasteiger partial charge in [0.15, 0.2) is 11.6 Å². The van der Waals surface area contributed by atoms with E-state index >= 15 is 0 Å². The topological polar surface area (TPSA) is 40.7 Å². The number of fused-ring (bicyclic) bond motifs is 2. The SMILES string of the molecule is Fc1cc2nc(-c3ccc4c(c3)NCC4)[nH]c2cc1F. The summed E-state index contributed by atoms with van der Waals surface area (Å²) >= 11 is 0. The smallest absolute Gasteiger partial charge is 0.161 e. The van der Waals surface area contributed by atoms with Gasteiger partial charge in [0.2, 0.25) is 0 Å². The van der Waals surface area contributed by atoms with Gasteiger partial charge >= 0.3 is 0 Å². The lowest BCUT2D eigenvalue weighted by Gasteiger charge is -2.02. The highest BCUT2D eigenvalue weighted by Crippen LogP contribution is 2.29. The highest BCUT2D eigenvalue weighted by Gasteiger charge is 2.13. The van der Waals surface area contributed by atoms with E-state index in [1.807, 2.05) is 12.1 Å². The molecule has 4 rings (SSSR count). The van der Waals surface area contributed by atoms with Gasteiger partial charge in [-0.2, -0.15) is 0 Å². The van der Waals surface area contributed by atoms with Crippen molar-refractivity contribution in [3.63, 3.8) is 0 Å². The van der Waals surface area contributed by atoms with Gasteiger partial charge < -0.3 is 10.3 Å². The van der Waals surface area contributed by atoms with Gasteiger partial charge in [-0.3, -0.25) is 0 Å². The van der Waals surface area contributed by atoms with Gasteiger partial charge in [-0.25, -0.2) is 13.8 Å². The number of aromatic amines is 1. The average Bonchev–Trinajstić information content (AvgIpc) is 3.04. The van der Waals surface area contributed by atoms with Gasteiger partial charge in [0.1, 0.15) is 5.82 Å². The van der Waals surface area contributed by atoms with Crippen LogP contribution in [0.5, 0.6) is 0 Å². The van der Waals surface area contributed by atoms with Gasteiger partial charge in [0, 0.05) is 29.9 Å². The number of rotatable bonds is 1. The molecule has 0 fully saturated rings. The fraction of sp³-hybridized carbons (Fsp3) is 0.133. The lowest BCUT2D eigenvalue weighted by atomic mass is 10.1. The number of imidazole rings is 1. The third kappa shape index (κ3) is 1.66. The van der Waals surface area contributed by atoms with E-state index in [-0.39, 0.29) is 0 Å². The number of hydrogen-bond acceptors (Lipinski definition) is 2. The quantitative estimate of drug-likeness (QED) is 0.711. The van der Waals surface area contributed by atoms with Gasteiger partial charge in [-0.05, 0) is 18.1 Å². The molecule has 0 saturated carbocycles. The second-order valence-electron chi connectivity index (χ2n) is 4.92. The third-order valence-electron chi connectivity index (χ3n) is 3.62. The zero-order chi connectivity index (χ0) is 13.7. The minimum absolute atomic E-state index is 0.423. The molecule has 1 aliphatic rings. The molecule has 0 amide bonds. The standard InChI is InChI=1S/C15H11F2N3/c16-10-6-13-14(7-11(10)17)20-15(19-13)9-2-1-8-3-4-18-12(8)5-9/h1-2,5-7,18H,3-4H2,(H,19,20). The molecule has 1 aliphatic heterocycles. The summed E-state index contributed by atoms with van der Waals surface area (Å²) in [5, 5.41) is 3.30. The summed E-state index contributed by atoms with van der Waals surface area (Å²) in [6, 6.07) is 8.27. The number of aromatic nitrogens is 2. The average molecular weight is 271 g/mol. The Morgan fingerprint density at radius 2 is 1.90 bits per heavy atom. The molecule has 0 bridgehead atoms. The molecule has 2 N–H and O–H groups in total. The molecule has 0 unspecified atom stereocenters. The van der Waals surface area contributed by atoms with Crippen LogP contribution in [0.2, 0.25) is 0 Å². The van der Waals surface area contributed by atoms with Crippen molar-refractivity contribution in [2.24, 2.45) is 0 Å². The molecule has 0 spiro atoms. The van der Waals surface area contributed by atoms with Crippen molar-refractivity contribution in [1.29, 1.82) is 0 Å². The van der Waals surface area contributed by atoms with E-state index in [1.165, 1.54) is 5.56 Å². The summed E-state index contributed by atoms with van der Waals surface area (Å²) in [6.07, 6.45) is 1.02. The molecule has 3 nitrogen and oxygen atoms in total. The van der Waals surface area contributed by atoms with Crippen molar-refractivity contribution in [3.05, 3.63) is 47.5 Å². The Morgan fingerprint density at radius 3 is 2.80 bits per heavy atom. The number of nitrogens with zero attached hydrogens (tertiary/aromatic N) is 1. The van der Waals surface area contributed by atoms with E-state index in [0.29, 0.717) is 16.9 Å². The van der Waals surface area contributed by atoms with Crippen molar-refractivity contribution in [1.82, 2.24) is 9.97 Å². The summed E-state index contributed by atoms with van der Waals surface area (Å²) in [5.41, 5.74) is 4.19. The maximum atomic E-state index is 13.2. The van der Waals surface area contributed by atoms with Crippen LogP contribution in [-0.2, 0) is 6.42 Å². The first-order valence-corrected chi connectivity index (χ1v) is 6.43. The normalized spacial score (nSPS) is 13.5. The Kier molecular flexibility index (Phi) is 2.30. The Morgan fingerprint density at radius 1 is 1.05 bits per heavy atom. The lowest BCUT2D eigenvalue weighted by molar-refractivity contribution is 0.510. The molecule has 2 aromatic carbocycles. The Balaban J connectivity index is 1.86. The molecule has 3 aromatic rings.